The lowest BCUT2D eigenvalue weighted by Gasteiger charge is -2.31. The van der Waals surface area contributed by atoms with Gasteiger partial charge in [-0.1, -0.05) is 12.1 Å². The van der Waals surface area contributed by atoms with Crippen molar-refractivity contribution in [2.24, 2.45) is 5.92 Å². The number of carbonyl (C=O) groups excluding carboxylic acids is 2. The number of halogens is 1. The van der Waals surface area contributed by atoms with Crippen LogP contribution in [0, 0.1) is 23.1 Å². The summed E-state index contributed by atoms with van der Waals surface area (Å²) >= 11 is 1.25. The Labute approximate surface area is 179 Å². The van der Waals surface area contributed by atoms with Crippen molar-refractivity contribution in [3.8, 4) is 17.2 Å². The van der Waals surface area contributed by atoms with Crippen molar-refractivity contribution in [2.75, 3.05) is 31.6 Å². The van der Waals surface area contributed by atoms with E-state index in [-0.39, 0.29) is 24.2 Å². The number of carbonyl (C=O) groups is 2. The Bertz CT molecular complexity index is 936. The van der Waals surface area contributed by atoms with Gasteiger partial charge in [0, 0.05) is 30.5 Å². The van der Waals surface area contributed by atoms with Gasteiger partial charge in [0.25, 0.3) is 0 Å². The van der Waals surface area contributed by atoms with Gasteiger partial charge >= 0.3 is 5.97 Å². The van der Waals surface area contributed by atoms with Crippen molar-refractivity contribution in [3.05, 3.63) is 41.0 Å². The number of hydrogen-bond acceptors (Lipinski definition) is 6. The van der Waals surface area contributed by atoms with E-state index in [9.17, 15) is 14.0 Å². The summed E-state index contributed by atoms with van der Waals surface area (Å²) in [7, 11) is 0. The maximum Gasteiger partial charge on any atom is 0.341 e. The summed E-state index contributed by atoms with van der Waals surface area (Å²) in [5, 5.41) is 13.9. The van der Waals surface area contributed by atoms with Crippen LogP contribution in [0.15, 0.2) is 29.6 Å². The maximum absolute atomic E-state index is 13.3. The van der Waals surface area contributed by atoms with Gasteiger partial charge in [0.05, 0.1) is 18.6 Å². The lowest BCUT2D eigenvalue weighted by atomic mass is 9.97. The number of likely N-dealkylation sites (tertiary alicyclic amines) is 1. The number of nitrogens with zero attached hydrogens (tertiary/aromatic N) is 2. The molecule has 0 aliphatic carbocycles. The molecule has 1 saturated heterocycles. The molecule has 1 N–H and O–H groups in total. The van der Waals surface area contributed by atoms with Crippen LogP contribution in [0.5, 0.6) is 0 Å². The standard InChI is InChI=1S/C22H24FN3O3S/c1-2-29-22(28)19-18(15-6-8-17(23)9-7-15)14-30-21(19)25-20(27)16-5-3-11-26(13-16)12-4-10-24/h6-9,14,16H,2-5,11-13H2,1H3,(H,25,27). The topological polar surface area (TPSA) is 82.4 Å². The lowest BCUT2D eigenvalue weighted by Crippen LogP contribution is -2.41. The van der Waals surface area contributed by atoms with Crippen molar-refractivity contribution < 1.29 is 18.7 Å². The summed E-state index contributed by atoms with van der Waals surface area (Å²) in [4.78, 5) is 27.7. The van der Waals surface area contributed by atoms with Crippen LogP contribution in [0.1, 0.15) is 36.5 Å². The van der Waals surface area contributed by atoms with Gasteiger partial charge in [-0.25, -0.2) is 9.18 Å². The lowest BCUT2D eigenvalue weighted by molar-refractivity contribution is -0.121. The highest BCUT2D eigenvalue weighted by Gasteiger charge is 2.28. The van der Waals surface area contributed by atoms with Crippen LogP contribution >= 0.6 is 11.3 Å². The van der Waals surface area contributed by atoms with Crippen molar-refractivity contribution >= 4 is 28.2 Å². The van der Waals surface area contributed by atoms with E-state index in [0.29, 0.717) is 41.2 Å². The Balaban J connectivity index is 1.81. The summed E-state index contributed by atoms with van der Waals surface area (Å²) in [5.74, 6) is -1.23. The van der Waals surface area contributed by atoms with Crippen LogP contribution in [0.2, 0.25) is 0 Å². The number of rotatable bonds is 7. The molecule has 30 heavy (non-hydrogen) atoms. The van der Waals surface area contributed by atoms with E-state index in [4.69, 9.17) is 10.00 Å². The molecule has 0 radical (unpaired) electrons. The molecule has 1 fully saturated rings. The SMILES string of the molecule is CCOC(=O)c1c(-c2ccc(F)cc2)csc1NC(=O)C1CCCN(CCC#N)C1. The van der Waals surface area contributed by atoms with Crippen LogP contribution < -0.4 is 5.32 Å². The van der Waals surface area contributed by atoms with Crippen LogP contribution in [0.3, 0.4) is 0 Å². The fraction of sp³-hybridized carbons (Fsp3) is 0.409. The van der Waals surface area contributed by atoms with Gasteiger partial charge in [-0.3, -0.25) is 4.79 Å². The maximum atomic E-state index is 13.3. The van der Waals surface area contributed by atoms with Gasteiger partial charge in [0.1, 0.15) is 16.4 Å². The number of ether oxygens (including phenoxy) is 1. The number of thiophene rings is 1. The predicted molar refractivity (Wildman–Crippen MR) is 114 cm³/mol. The second-order valence-corrected chi connectivity index (χ2v) is 8.00. The molecule has 1 aromatic carbocycles. The molecule has 6 nitrogen and oxygen atoms in total. The van der Waals surface area contributed by atoms with Gasteiger partial charge in [0.15, 0.2) is 0 Å². The highest BCUT2D eigenvalue weighted by atomic mass is 32.1. The summed E-state index contributed by atoms with van der Waals surface area (Å²) in [6, 6.07) is 7.99. The predicted octanol–water partition coefficient (Wildman–Crippen LogP) is 4.30. The minimum Gasteiger partial charge on any atom is -0.462 e. The van der Waals surface area contributed by atoms with E-state index in [2.05, 4.69) is 16.3 Å². The highest BCUT2D eigenvalue weighted by Crippen LogP contribution is 2.37. The molecule has 1 aliphatic heterocycles. The minimum absolute atomic E-state index is 0.144. The third-order valence-electron chi connectivity index (χ3n) is 5.08. The van der Waals surface area contributed by atoms with Crippen LogP contribution in [-0.4, -0.2) is 43.0 Å². The van der Waals surface area contributed by atoms with E-state index in [1.165, 1.54) is 23.5 Å². The Morgan fingerprint density at radius 3 is 2.83 bits per heavy atom. The molecule has 1 aliphatic rings. The van der Waals surface area contributed by atoms with Crippen LogP contribution in [0.4, 0.5) is 9.39 Å². The number of amides is 1. The van der Waals surface area contributed by atoms with Crippen molar-refractivity contribution in [3.63, 3.8) is 0 Å². The molecule has 158 valence electrons. The smallest absolute Gasteiger partial charge is 0.341 e. The third-order valence-corrected chi connectivity index (χ3v) is 5.97. The molecule has 3 rings (SSSR count). The van der Waals surface area contributed by atoms with Crippen molar-refractivity contribution in [2.45, 2.75) is 26.2 Å². The number of benzene rings is 1. The Kier molecular flexibility index (Phi) is 7.55. The minimum atomic E-state index is -0.521. The second kappa shape index (κ2) is 10.3. The zero-order valence-electron chi connectivity index (χ0n) is 16.8. The normalized spacial score (nSPS) is 16.6. The number of anilines is 1. The molecule has 1 atom stereocenters. The van der Waals surface area contributed by atoms with E-state index < -0.39 is 5.97 Å². The number of nitrogens with one attached hydrogen (secondary N) is 1. The zero-order valence-corrected chi connectivity index (χ0v) is 17.6. The van der Waals surface area contributed by atoms with Crippen LogP contribution in [-0.2, 0) is 9.53 Å². The molecule has 0 bridgehead atoms. The van der Waals surface area contributed by atoms with Crippen molar-refractivity contribution in [1.82, 2.24) is 4.90 Å². The first-order chi connectivity index (χ1) is 14.5. The Morgan fingerprint density at radius 2 is 2.13 bits per heavy atom. The molecular weight excluding hydrogens is 405 g/mol. The van der Waals surface area contributed by atoms with Crippen molar-refractivity contribution in [1.29, 1.82) is 5.26 Å². The quantitative estimate of drug-likeness (QED) is 0.664. The monoisotopic (exact) mass is 429 g/mol. The van der Waals surface area contributed by atoms with E-state index in [0.717, 1.165) is 19.4 Å². The molecule has 2 heterocycles. The summed E-state index contributed by atoms with van der Waals surface area (Å²) in [6.07, 6.45) is 2.09. The first-order valence-corrected chi connectivity index (χ1v) is 10.9. The van der Waals surface area contributed by atoms with Crippen LogP contribution in [0.25, 0.3) is 11.1 Å². The van der Waals surface area contributed by atoms with Gasteiger partial charge in [0.2, 0.25) is 5.91 Å². The van der Waals surface area contributed by atoms with Gasteiger partial charge in [-0.05, 0) is 44.0 Å². The van der Waals surface area contributed by atoms with Gasteiger partial charge in [-0.15, -0.1) is 11.3 Å². The highest BCUT2D eigenvalue weighted by molar-refractivity contribution is 7.15. The largest absolute Gasteiger partial charge is 0.462 e. The zero-order chi connectivity index (χ0) is 21.5. The number of piperidine rings is 1. The Hall–Kier alpha value is -2.76. The first-order valence-electron chi connectivity index (χ1n) is 9.98. The third kappa shape index (κ3) is 5.23. The van der Waals surface area contributed by atoms with Gasteiger partial charge < -0.3 is 15.0 Å². The molecule has 8 heteroatoms. The fourth-order valence-corrected chi connectivity index (χ4v) is 4.55. The summed E-state index contributed by atoms with van der Waals surface area (Å²) < 4.78 is 18.5. The molecule has 1 aromatic heterocycles. The molecule has 1 amide bonds. The van der Waals surface area contributed by atoms with Gasteiger partial charge in [-0.2, -0.15) is 5.26 Å². The average molecular weight is 430 g/mol. The van der Waals surface area contributed by atoms with E-state index >= 15 is 0 Å². The second-order valence-electron chi connectivity index (χ2n) is 7.12. The summed E-state index contributed by atoms with van der Waals surface area (Å²) in [6.45, 7) is 4.06. The van der Waals surface area contributed by atoms with E-state index in [1.807, 2.05) is 0 Å². The fourth-order valence-electron chi connectivity index (χ4n) is 3.59. The first kappa shape index (κ1) is 21.9. The molecular formula is C22H24FN3O3S. The molecule has 0 spiro atoms. The number of hydrogen-bond donors (Lipinski definition) is 1. The molecule has 2 aromatic rings. The Morgan fingerprint density at radius 1 is 1.37 bits per heavy atom. The molecule has 0 saturated carbocycles. The molecule has 1 unspecified atom stereocenters. The van der Waals surface area contributed by atoms with E-state index in [1.54, 1.807) is 24.4 Å². The number of esters is 1. The summed E-state index contributed by atoms with van der Waals surface area (Å²) in [5.41, 5.74) is 1.57. The number of nitriles is 1. The average Bonchev–Trinajstić information content (AvgIpc) is 3.16.